The van der Waals surface area contributed by atoms with Crippen LogP contribution in [0.25, 0.3) is 11.0 Å². The summed E-state index contributed by atoms with van der Waals surface area (Å²) < 4.78 is 11.2. The molecule has 1 amide bonds. The fourth-order valence-electron chi connectivity index (χ4n) is 4.46. The number of nitrogens with zero attached hydrogens (tertiary/aromatic N) is 1. The van der Waals surface area contributed by atoms with Crippen LogP contribution in [-0.4, -0.2) is 30.5 Å². The van der Waals surface area contributed by atoms with Crippen LogP contribution in [0.1, 0.15) is 37.8 Å². The van der Waals surface area contributed by atoms with Crippen molar-refractivity contribution in [2.24, 2.45) is 11.8 Å². The molecule has 1 aliphatic carbocycles. The van der Waals surface area contributed by atoms with E-state index in [1.807, 2.05) is 17.0 Å². The lowest BCUT2D eigenvalue weighted by molar-refractivity contribution is -0.136. The van der Waals surface area contributed by atoms with Crippen LogP contribution in [0, 0.1) is 11.8 Å². The number of likely N-dealkylation sites (tertiary alicyclic amines) is 1. The summed E-state index contributed by atoms with van der Waals surface area (Å²) in [6.45, 7) is 5.97. The van der Waals surface area contributed by atoms with Gasteiger partial charge < -0.3 is 14.1 Å². The van der Waals surface area contributed by atoms with Gasteiger partial charge in [0.15, 0.2) is 6.61 Å². The van der Waals surface area contributed by atoms with E-state index in [1.54, 1.807) is 6.07 Å². The van der Waals surface area contributed by atoms with Gasteiger partial charge in [-0.3, -0.25) is 4.79 Å². The topological polar surface area (TPSA) is 59.8 Å². The lowest BCUT2D eigenvalue weighted by Gasteiger charge is -2.34. The maximum atomic E-state index is 12.5. The minimum absolute atomic E-state index is 0.0129. The van der Waals surface area contributed by atoms with Crippen LogP contribution in [0.4, 0.5) is 0 Å². The van der Waals surface area contributed by atoms with Crippen molar-refractivity contribution in [3.8, 4) is 5.75 Å². The van der Waals surface area contributed by atoms with Gasteiger partial charge in [-0.1, -0.05) is 13.8 Å². The molecular weight excluding hydrogens is 330 g/mol. The molecule has 0 saturated carbocycles. The van der Waals surface area contributed by atoms with Crippen molar-refractivity contribution in [3.63, 3.8) is 0 Å². The maximum Gasteiger partial charge on any atom is 0.339 e. The average molecular weight is 355 g/mol. The number of piperidine rings is 1. The lowest BCUT2D eigenvalue weighted by Crippen LogP contribution is -2.44. The highest BCUT2D eigenvalue weighted by molar-refractivity contribution is 5.83. The Hall–Kier alpha value is -2.30. The van der Waals surface area contributed by atoms with Gasteiger partial charge in [-0.05, 0) is 55.2 Å². The van der Waals surface area contributed by atoms with Crippen LogP contribution in [0.15, 0.2) is 27.4 Å². The molecule has 1 fully saturated rings. The Balaban J connectivity index is 1.49. The number of hydrogen-bond donors (Lipinski definition) is 0. The van der Waals surface area contributed by atoms with Crippen LogP contribution in [0.3, 0.4) is 0 Å². The predicted octanol–water partition coefficient (Wildman–Crippen LogP) is 3.17. The van der Waals surface area contributed by atoms with Crippen molar-refractivity contribution < 1.29 is 13.9 Å². The number of carbonyl (C=O) groups excluding carboxylic acids is 1. The van der Waals surface area contributed by atoms with Gasteiger partial charge in [0.1, 0.15) is 11.3 Å². The van der Waals surface area contributed by atoms with E-state index >= 15 is 0 Å². The van der Waals surface area contributed by atoms with Crippen molar-refractivity contribution in [1.29, 1.82) is 0 Å². The number of aryl methyl sites for hydroxylation is 1. The van der Waals surface area contributed by atoms with Gasteiger partial charge in [0, 0.05) is 30.1 Å². The first-order valence-corrected chi connectivity index (χ1v) is 9.50. The first-order chi connectivity index (χ1) is 12.5. The van der Waals surface area contributed by atoms with E-state index in [2.05, 4.69) is 13.8 Å². The molecule has 2 aromatic rings. The van der Waals surface area contributed by atoms with E-state index in [4.69, 9.17) is 9.15 Å². The second-order valence-electron chi connectivity index (χ2n) is 7.89. The Morgan fingerprint density at radius 1 is 1.19 bits per heavy atom. The van der Waals surface area contributed by atoms with Crippen molar-refractivity contribution >= 4 is 16.9 Å². The number of ether oxygens (including phenoxy) is 1. The summed E-state index contributed by atoms with van der Waals surface area (Å²) in [4.78, 5) is 26.5. The third-order valence-corrected chi connectivity index (χ3v) is 5.53. The maximum absolute atomic E-state index is 12.5. The number of carbonyl (C=O) groups is 1. The zero-order chi connectivity index (χ0) is 18.3. The highest BCUT2D eigenvalue weighted by Gasteiger charge is 2.25. The summed E-state index contributed by atoms with van der Waals surface area (Å²) in [7, 11) is 0. The first-order valence-electron chi connectivity index (χ1n) is 9.50. The van der Waals surface area contributed by atoms with Crippen LogP contribution in [0.2, 0.25) is 0 Å². The molecule has 26 heavy (non-hydrogen) atoms. The van der Waals surface area contributed by atoms with Gasteiger partial charge in [0.05, 0.1) is 0 Å². The Bertz CT molecular complexity index is 891. The van der Waals surface area contributed by atoms with E-state index in [9.17, 15) is 9.59 Å². The molecule has 0 spiro atoms. The van der Waals surface area contributed by atoms with Gasteiger partial charge in [0.25, 0.3) is 5.91 Å². The number of fused-ring (bicyclic) bond motifs is 3. The van der Waals surface area contributed by atoms with Crippen molar-refractivity contribution in [3.05, 3.63) is 39.7 Å². The second kappa shape index (κ2) is 6.78. The summed E-state index contributed by atoms with van der Waals surface area (Å²) in [6, 6.07) is 5.52. The molecule has 2 aliphatic rings. The number of rotatable bonds is 3. The van der Waals surface area contributed by atoms with Crippen LogP contribution in [-0.2, 0) is 17.6 Å². The molecule has 1 aliphatic heterocycles. The van der Waals surface area contributed by atoms with E-state index in [-0.39, 0.29) is 18.1 Å². The van der Waals surface area contributed by atoms with Crippen LogP contribution in [0.5, 0.6) is 5.75 Å². The Morgan fingerprint density at radius 2 is 1.92 bits per heavy atom. The Kier molecular flexibility index (Phi) is 4.47. The molecule has 4 rings (SSSR count). The zero-order valence-electron chi connectivity index (χ0n) is 15.4. The molecule has 1 aromatic carbocycles. The smallest absolute Gasteiger partial charge is 0.339 e. The Labute approximate surface area is 152 Å². The highest BCUT2D eigenvalue weighted by atomic mass is 16.5. The summed E-state index contributed by atoms with van der Waals surface area (Å²) in [5.74, 6) is 1.63. The fourth-order valence-corrected chi connectivity index (χ4v) is 4.46. The third kappa shape index (κ3) is 3.22. The van der Waals surface area contributed by atoms with Gasteiger partial charge in [-0.25, -0.2) is 4.79 Å². The largest absolute Gasteiger partial charge is 0.484 e. The van der Waals surface area contributed by atoms with E-state index in [0.29, 0.717) is 23.2 Å². The minimum Gasteiger partial charge on any atom is -0.484 e. The zero-order valence-corrected chi connectivity index (χ0v) is 15.4. The third-order valence-electron chi connectivity index (χ3n) is 5.53. The fraction of sp³-hybridized carbons (Fsp3) is 0.524. The molecule has 2 heterocycles. The summed E-state index contributed by atoms with van der Waals surface area (Å²) in [6.07, 6.45) is 3.88. The van der Waals surface area contributed by atoms with Crippen molar-refractivity contribution in [2.45, 2.75) is 39.5 Å². The molecular formula is C21H25NO4. The molecule has 0 radical (unpaired) electrons. The predicted molar refractivity (Wildman–Crippen MR) is 99.5 cm³/mol. The molecule has 1 saturated heterocycles. The van der Waals surface area contributed by atoms with Crippen LogP contribution >= 0.6 is 0 Å². The average Bonchev–Trinajstić information content (AvgIpc) is 3.09. The molecule has 138 valence electrons. The van der Waals surface area contributed by atoms with Gasteiger partial charge in [-0.2, -0.15) is 0 Å². The number of amides is 1. The van der Waals surface area contributed by atoms with Crippen LogP contribution < -0.4 is 10.4 Å². The first kappa shape index (κ1) is 17.1. The summed E-state index contributed by atoms with van der Waals surface area (Å²) in [5.41, 5.74) is 2.22. The Morgan fingerprint density at radius 3 is 2.69 bits per heavy atom. The van der Waals surface area contributed by atoms with E-state index in [1.165, 1.54) is 6.42 Å². The van der Waals surface area contributed by atoms with Gasteiger partial charge >= 0.3 is 5.63 Å². The van der Waals surface area contributed by atoms with Crippen molar-refractivity contribution in [2.75, 3.05) is 19.7 Å². The minimum atomic E-state index is -0.241. The SMILES string of the molecule is C[C@@H]1C[C@H](C)CN(C(=O)COc2ccc3c4c(c(=O)oc3c2)CCC4)C1. The normalized spacial score (nSPS) is 22.5. The summed E-state index contributed by atoms with van der Waals surface area (Å²) in [5, 5.41) is 0.981. The van der Waals surface area contributed by atoms with E-state index < -0.39 is 0 Å². The van der Waals surface area contributed by atoms with Gasteiger partial charge in [-0.15, -0.1) is 0 Å². The van der Waals surface area contributed by atoms with Crippen molar-refractivity contribution in [1.82, 2.24) is 4.90 Å². The monoisotopic (exact) mass is 355 g/mol. The molecule has 5 heteroatoms. The van der Waals surface area contributed by atoms with Gasteiger partial charge in [0.2, 0.25) is 0 Å². The molecule has 2 atom stereocenters. The summed E-state index contributed by atoms with van der Waals surface area (Å²) >= 11 is 0. The number of benzene rings is 1. The van der Waals surface area contributed by atoms with E-state index in [0.717, 1.165) is 48.9 Å². The number of hydrogen-bond acceptors (Lipinski definition) is 4. The molecule has 0 N–H and O–H groups in total. The second-order valence-corrected chi connectivity index (χ2v) is 7.89. The quantitative estimate of drug-likeness (QED) is 0.794. The standard InChI is InChI=1S/C21H25NO4/c1-13-8-14(2)11-22(10-13)20(23)12-25-15-6-7-17-16-4-3-5-18(16)21(24)26-19(17)9-15/h6-7,9,13-14H,3-5,8,10-12H2,1-2H3/t13-,14+. The molecule has 1 aromatic heterocycles. The highest BCUT2D eigenvalue weighted by Crippen LogP contribution is 2.29. The lowest BCUT2D eigenvalue weighted by atomic mass is 9.92. The molecule has 5 nitrogen and oxygen atoms in total. The molecule has 0 unspecified atom stereocenters. The molecule has 0 bridgehead atoms.